The van der Waals surface area contributed by atoms with E-state index in [-0.39, 0.29) is 17.1 Å². The van der Waals surface area contributed by atoms with Crippen LogP contribution in [0.15, 0.2) is 17.4 Å². The van der Waals surface area contributed by atoms with Gasteiger partial charge in [0.25, 0.3) is 0 Å². The average Bonchev–Trinajstić information content (AvgIpc) is 3.12. The minimum absolute atomic E-state index is 0.00739. The highest BCUT2D eigenvalue weighted by Gasteiger charge is 2.23. The molecule has 0 spiro atoms. The first-order valence-electron chi connectivity index (χ1n) is 9.49. The quantitative estimate of drug-likeness (QED) is 0.755. The third-order valence-corrected chi connectivity index (χ3v) is 5.31. The van der Waals surface area contributed by atoms with Crippen LogP contribution in [0.3, 0.4) is 0 Å². The topological polar surface area (TPSA) is 86.3 Å². The first-order valence-corrected chi connectivity index (χ1v) is 9.92. The Kier molecular flexibility index (Phi) is 5.30. The van der Waals surface area contributed by atoms with Gasteiger partial charge in [-0.1, -0.05) is 6.08 Å². The van der Waals surface area contributed by atoms with Crippen LogP contribution in [-0.2, 0) is 4.79 Å². The summed E-state index contributed by atoms with van der Waals surface area (Å²) in [6.07, 6.45) is 7.89. The second kappa shape index (κ2) is 7.87. The number of aromatic nitrogens is 3. The summed E-state index contributed by atoms with van der Waals surface area (Å²) in [5, 5.41) is 3.51. The minimum atomic E-state index is -0.602. The van der Waals surface area contributed by atoms with E-state index in [0.717, 1.165) is 43.8 Å². The molecular formula is C19H22ClFN6O. The summed E-state index contributed by atoms with van der Waals surface area (Å²) in [6, 6.07) is -0.579. The number of aromatic amines is 1. The number of carbonyl (C=O) groups is 1. The molecule has 4 rings (SSSR count). The van der Waals surface area contributed by atoms with Gasteiger partial charge in [-0.25, -0.2) is 14.4 Å². The van der Waals surface area contributed by atoms with E-state index in [1.54, 1.807) is 13.1 Å². The van der Waals surface area contributed by atoms with E-state index < -0.39 is 11.9 Å². The first kappa shape index (κ1) is 18.9. The van der Waals surface area contributed by atoms with Crippen molar-refractivity contribution >= 4 is 29.4 Å². The van der Waals surface area contributed by atoms with Crippen LogP contribution in [0.5, 0.6) is 0 Å². The molecule has 2 N–H and O–H groups in total. The molecule has 7 nitrogen and oxygen atoms in total. The van der Waals surface area contributed by atoms with Gasteiger partial charge in [-0.05, 0) is 26.2 Å². The van der Waals surface area contributed by atoms with Crippen LogP contribution >= 0.6 is 11.6 Å². The lowest BCUT2D eigenvalue weighted by molar-refractivity contribution is -0.132. The van der Waals surface area contributed by atoms with Crippen LogP contribution in [0.4, 0.5) is 10.2 Å². The monoisotopic (exact) mass is 404 g/mol. The smallest absolute Gasteiger partial charge is 0.244 e. The molecule has 28 heavy (non-hydrogen) atoms. The molecule has 0 aliphatic carbocycles. The second-order valence-corrected chi connectivity index (χ2v) is 7.69. The number of hydrogen-bond donors (Lipinski definition) is 2. The number of hydrogen-bond acceptors (Lipinski definition) is 5. The van der Waals surface area contributed by atoms with Crippen LogP contribution < -0.4 is 16.0 Å². The van der Waals surface area contributed by atoms with Crippen LogP contribution in [0.25, 0.3) is 17.5 Å². The van der Waals surface area contributed by atoms with Crippen molar-refractivity contribution < 1.29 is 9.18 Å². The molecule has 2 atom stereocenters. The number of piperidine rings is 1. The molecule has 0 saturated carbocycles. The van der Waals surface area contributed by atoms with E-state index >= 15 is 0 Å². The van der Waals surface area contributed by atoms with Gasteiger partial charge in [0.2, 0.25) is 5.91 Å². The highest BCUT2D eigenvalue weighted by atomic mass is 35.5. The average molecular weight is 405 g/mol. The van der Waals surface area contributed by atoms with Crippen molar-refractivity contribution in [2.75, 3.05) is 25.0 Å². The highest BCUT2D eigenvalue weighted by Crippen LogP contribution is 2.18. The Hall–Kier alpha value is -2.48. The number of likely N-dealkylation sites (tertiary alicyclic amines) is 1. The molecule has 2 aromatic rings. The Labute approximate surface area is 166 Å². The number of fused-ring (bicyclic) bond motifs is 1. The molecule has 2 aliphatic heterocycles. The zero-order chi connectivity index (χ0) is 19.7. The third-order valence-electron chi connectivity index (χ3n) is 5.05. The Balaban J connectivity index is 1.59. The highest BCUT2D eigenvalue weighted by molar-refractivity contribution is 6.24. The fraction of sp³-hybridized carbons (Fsp3) is 0.474. The predicted octanol–water partition coefficient (Wildman–Crippen LogP) is 1.44. The zero-order valence-corrected chi connectivity index (χ0v) is 16.3. The molecule has 0 aromatic carbocycles. The number of H-pyrrole nitrogens is 1. The van der Waals surface area contributed by atoms with Crippen molar-refractivity contribution in [3.8, 4) is 11.4 Å². The molecular weight excluding hydrogens is 383 g/mol. The summed E-state index contributed by atoms with van der Waals surface area (Å²) in [7, 11) is 0. The molecule has 2 aromatic heterocycles. The maximum atomic E-state index is 14.3. The Morgan fingerprint density at radius 3 is 2.96 bits per heavy atom. The SMILES string of the molecule is C[C@@H](Nc1nc(-c2c[nH]c3c2=CC(Cl)CN=3)ncc1F)C(=O)N1CCCCC1. The number of alkyl halides is 1. The number of amides is 1. The summed E-state index contributed by atoms with van der Waals surface area (Å²) in [4.78, 5) is 30.3. The molecule has 1 amide bonds. The minimum Gasteiger partial charge on any atom is -0.356 e. The van der Waals surface area contributed by atoms with Gasteiger partial charge < -0.3 is 15.2 Å². The largest absolute Gasteiger partial charge is 0.356 e. The Morgan fingerprint density at radius 1 is 1.39 bits per heavy atom. The Bertz CT molecular complexity index is 1000. The number of nitrogens with one attached hydrogen (secondary N) is 2. The van der Waals surface area contributed by atoms with E-state index in [2.05, 4.69) is 25.3 Å². The van der Waals surface area contributed by atoms with Crippen LogP contribution in [0.2, 0.25) is 0 Å². The van der Waals surface area contributed by atoms with Crippen molar-refractivity contribution in [1.82, 2.24) is 19.9 Å². The summed E-state index contributed by atoms with van der Waals surface area (Å²) in [5.41, 5.74) is 1.41. The number of anilines is 1. The summed E-state index contributed by atoms with van der Waals surface area (Å²) < 4.78 is 14.3. The number of carbonyl (C=O) groups excluding carboxylic acids is 1. The maximum Gasteiger partial charge on any atom is 0.244 e. The lowest BCUT2D eigenvalue weighted by Crippen LogP contribution is -2.44. The lowest BCUT2D eigenvalue weighted by Gasteiger charge is -2.29. The third kappa shape index (κ3) is 3.73. The molecule has 1 saturated heterocycles. The van der Waals surface area contributed by atoms with Gasteiger partial charge in [-0.3, -0.25) is 9.79 Å². The summed E-state index contributed by atoms with van der Waals surface area (Å²) in [5.74, 6) is -0.296. The van der Waals surface area contributed by atoms with Crippen LogP contribution in [0, 0.1) is 5.82 Å². The van der Waals surface area contributed by atoms with Crippen LogP contribution in [-0.4, -0.2) is 56.8 Å². The van der Waals surface area contributed by atoms with Crippen molar-refractivity contribution in [2.24, 2.45) is 4.99 Å². The molecule has 1 fully saturated rings. The number of nitrogens with zero attached hydrogens (tertiary/aromatic N) is 4. The Morgan fingerprint density at radius 2 is 2.18 bits per heavy atom. The van der Waals surface area contributed by atoms with Gasteiger partial charge in [-0.15, -0.1) is 11.6 Å². The van der Waals surface area contributed by atoms with E-state index in [0.29, 0.717) is 23.4 Å². The lowest BCUT2D eigenvalue weighted by atomic mass is 10.1. The second-order valence-electron chi connectivity index (χ2n) is 7.13. The van der Waals surface area contributed by atoms with Crippen molar-refractivity contribution in [2.45, 2.75) is 37.6 Å². The van der Waals surface area contributed by atoms with Gasteiger partial charge in [0.1, 0.15) is 11.5 Å². The number of halogens is 2. The van der Waals surface area contributed by atoms with Crippen molar-refractivity contribution in [3.05, 3.63) is 28.9 Å². The van der Waals surface area contributed by atoms with E-state index in [4.69, 9.17) is 11.6 Å². The van der Waals surface area contributed by atoms with Gasteiger partial charge in [-0.2, -0.15) is 0 Å². The molecule has 9 heteroatoms. The molecule has 0 radical (unpaired) electrons. The van der Waals surface area contributed by atoms with Gasteiger partial charge in [0, 0.05) is 30.1 Å². The number of rotatable bonds is 4. The van der Waals surface area contributed by atoms with Gasteiger partial charge in [0.15, 0.2) is 17.5 Å². The van der Waals surface area contributed by atoms with Crippen LogP contribution in [0.1, 0.15) is 26.2 Å². The zero-order valence-electron chi connectivity index (χ0n) is 15.6. The molecule has 148 valence electrons. The molecule has 1 unspecified atom stereocenters. The van der Waals surface area contributed by atoms with Crippen molar-refractivity contribution in [1.29, 1.82) is 0 Å². The van der Waals surface area contributed by atoms with Gasteiger partial charge in [0.05, 0.1) is 18.1 Å². The first-order chi connectivity index (χ1) is 13.5. The normalized spacial score (nSPS) is 20.0. The fourth-order valence-corrected chi connectivity index (χ4v) is 3.77. The molecule has 4 heterocycles. The predicted molar refractivity (Wildman–Crippen MR) is 105 cm³/mol. The summed E-state index contributed by atoms with van der Waals surface area (Å²) in [6.45, 7) is 3.72. The standard InChI is InChI=1S/C19H22ClFN6O/c1-11(19(28)27-5-3-2-4-6-27)25-18-15(21)10-24-17(26-18)14-9-23-16-13(14)7-12(20)8-22-16/h7,9-12H,2-6,8H2,1H3,(H,22,23)(H,24,25,26)/t11-,12?/m1/s1. The van der Waals surface area contributed by atoms with E-state index in [9.17, 15) is 9.18 Å². The van der Waals surface area contributed by atoms with Crippen molar-refractivity contribution in [3.63, 3.8) is 0 Å². The van der Waals surface area contributed by atoms with Gasteiger partial charge >= 0.3 is 0 Å². The maximum absolute atomic E-state index is 14.3. The summed E-state index contributed by atoms with van der Waals surface area (Å²) >= 11 is 6.18. The fourth-order valence-electron chi connectivity index (χ4n) is 3.57. The molecule has 0 bridgehead atoms. The van der Waals surface area contributed by atoms with E-state index in [1.165, 1.54) is 0 Å². The van der Waals surface area contributed by atoms with E-state index in [1.807, 2.05) is 11.0 Å². The molecule has 2 aliphatic rings.